The van der Waals surface area contributed by atoms with Gasteiger partial charge in [-0.3, -0.25) is 9.59 Å². The average molecular weight is 487 g/mol. The Balaban J connectivity index is 1.11. The Hall–Kier alpha value is -3.26. The predicted molar refractivity (Wildman–Crippen MR) is 120 cm³/mol. The Morgan fingerprint density at radius 1 is 1.15 bits per heavy atom. The number of carbonyl (C=O) groups is 2. The summed E-state index contributed by atoms with van der Waals surface area (Å²) in [6, 6.07) is 8.63. The molecule has 3 saturated carbocycles. The number of aryl methyl sites for hydroxylation is 1. The maximum atomic E-state index is 13.8. The Labute approximate surface area is 199 Å². The number of hydrogen-bond acceptors (Lipinski definition) is 5. The minimum atomic E-state index is -0.615. The summed E-state index contributed by atoms with van der Waals surface area (Å²) in [5.74, 6) is -1.01. The minimum Gasteiger partial charge on any atom is -0.484 e. The van der Waals surface area contributed by atoms with Crippen molar-refractivity contribution in [2.45, 2.75) is 38.1 Å². The van der Waals surface area contributed by atoms with Gasteiger partial charge in [0.2, 0.25) is 5.89 Å². The van der Waals surface area contributed by atoms with Gasteiger partial charge in [0.15, 0.2) is 12.4 Å². The van der Waals surface area contributed by atoms with Gasteiger partial charge < -0.3 is 14.5 Å². The molecule has 0 atom stereocenters. The van der Waals surface area contributed by atoms with Crippen LogP contribution in [-0.4, -0.2) is 28.8 Å². The first-order valence-electron chi connectivity index (χ1n) is 10.8. The van der Waals surface area contributed by atoms with Crippen LogP contribution in [0.5, 0.6) is 5.75 Å². The SMILES string of the molecule is Cc1ccc(-c2nc(C(=O)CC34CC(NC(=O)COc5ccc(Cl)c(F)c5)(C3)C4)co2)cc1F. The Morgan fingerprint density at radius 3 is 2.62 bits per heavy atom. The van der Waals surface area contributed by atoms with Crippen molar-refractivity contribution in [3.63, 3.8) is 0 Å². The zero-order chi connectivity index (χ0) is 24.1. The van der Waals surface area contributed by atoms with Crippen LogP contribution in [0.25, 0.3) is 11.5 Å². The molecule has 1 amide bonds. The van der Waals surface area contributed by atoms with Crippen LogP contribution in [-0.2, 0) is 4.79 Å². The zero-order valence-electron chi connectivity index (χ0n) is 18.3. The number of nitrogens with one attached hydrogen (secondary N) is 1. The van der Waals surface area contributed by atoms with Crippen molar-refractivity contribution in [3.05, 3.63) is 70.6 Å². The summed E-state index contributed by atoms with van der Waals surface area (Å²) in [4.78, 5) is 29.2. The van der Waals surface area contributed by atoms with Gasteiger partial charge in [0.25, 0.3) is 5.91 Å². The van der Waals surface area contributed by atoms with E-state index in [2.05, 4.69) is 10.3 Å². The highest BCUT2D eigenvalue weighted by molar-refractivity contribution is 6.30. The van der Waals surface area contributed by atoms with Crippen LogP contribution >= 0.6 is 11.6 Å². The molecular formula is C25H21ClF2N2O4. The molecule has 6 nitrogen and oxygen atoms in total. The van der Waals surface area contributed by atoms with Crippen molar-refractivity contribution >= 4 is 23.3 Å². The third-order valence-corrected chi connectivity index (χ3v) is 6.86. The number of Topliss-reactive ketones (excluding diaryl/α,β-unsaturated/α-hetero) is 1. The summed E-state index contributed by atoms with van der Waals surface area (Å²) >= 11 is 5.63. The maximum Gasteiger partial charge on any atom is 0.258 e. The molecule has 1 heterocycles. The molecule has 2 aromatic carbocycles. The van der Waals surface area contributed by atoms with E-state index >= 15 is 0 Å². The van der Waals surface area contributed by atoms with E-state index in [4.69, 9.17) is 20.8 Å². The smallest absolute Gasteiger partial charge is 0.258 e. The molecular weight excluding hydrogens is 466 g/mol. The first-order valence-corrected chi connectivity index (χ1v) is 11.2. The van der Waals surface area contributed by atoms with E-state index in [1.165, 1.54) is 24.5 Å². The molecule has 176 valence electrons. The first kappa shape index (κ1) is 22.5. The summed E-state index contributed by atoms with van der Waals surface area (Å²) in [5.41, 5.74) is 0.724. The average Bonchev–Trinajstić information content (AvgIpc) is 3.24. The van der Waals surface area contributed by atoms with Crippen LogP contribution in [0.4, 0.5) is 8.78 Å². The van der Waals surface area contributed by atoms with E-state index in [1.54, 1.807) is 19.1 Å². The van der Waals surface area contributed by atoms with E-state index in [9.17, 15) is 18.4 Å². The fourth-order valence-electron chi connectivity index (χ4n) is 5.06. The first-order chi connectivity index (χ1) is 16.2. The topological polar surface area (TPSA) is 81.4 Å². The number of halogens is 3. The molecule has 3 aliphatic carbocycles. The number of amides is 1. The lowest BCUT2D eigenvalue weighted by atomic mass is 9.38. The number of nitrogens with zero attached hydrogens (tertiary/aromatic N) is 1. The molecule has 3 aliphatic rings. The summed E-state index contributed by atoms with van der Waals surface area (Å²) in [7, 11) is 0. The van der Waals surface area contributed by atoms with E-state index < -0.39 is 5.82 Å². The van der Waals surface area contributed by atoms with Crippen LogP contribution in [0.15, 0.2) is 47.1 Å². The normalized spacial score (nSPS) is 22.5. The van der Waals surface area contributed by atoms with Crippen LogP contribution in [0.1, 0.15) is 41.7 Å². The molecule has 34 heavy (non-hydrogen) atoms. The van der Waals surface area contributed by atoms with E-state index in [-0.39, 0.29) is 57.4 Å². The highest BCUT2D eigenvalue weighted by Crippen LogP contribution is 2.69. The van der Waals surface area contributed by atoms with Crippen molar-refractivity contribution in [2.24, 2.45) is 5.41 Å². The fraction of sp³-hybridized carbons (Fsp3) is 0.320. The third-order valence-electron chi connectivity index (χ3n) is 6.55. The highest BCUT2D eigenvalue weighted by atomic mass is 35.5. The number of carbonyl (C=O) groups excluding carboxylic acids is 2. The van der Waals surface area contributed by atoms with Gasteiger partial charge in [0.1, 0.15) is 29.3 Å². The van der Waals surface area contributed by atoms with Gasteiger partial charge in [0.05, 0.1) is 5.02 Å². The predicted octanol–water partition coefficient (Wildman–Crippen LogP) is 5.27. The summed E-state index contributed by atoms with van der Waals surface area (Å²) in [5, 5.41) is 2.95. The van der Waals surface area contributed by atoms with Crippen LogP contribution in [0.2, 0.25) is 5.02 Å². The second kappa shape index (κ2) is 8.20. The molecule has 0 spiro atoms. The van der Waals surface area contributed by atoms with E-state index in [0.29, 0.717) is 36.8 Å². The standard InChI is InChI=1S/C25H21ClF2N2O4/c1-14-2-3-15(6-18(14)27)23-29-20(9-34-23)21(31)8-24-11-25(12-24,13-24)30-22(32)10-33-16-4-5-17(26)19(28)7-16/h2-7,9H,8,10-13H2,1H3,(H,30,32). The number of ether oxygens (including phenoxy) is 1. The van der Waals surface area contributed by atoms with Crippen LogP contribution in [0, 0.1) is 24.0 Å². The molecule has 3 fully saturated rings. The molecule has 2 bridgehead atoms. The molecule has 6 rings (SSSR count). The largest absolute Gasteiger partial charge is 0.484 e. The molecule has 1 aromatic heterocycles. The lowest BCUT2D eigenvalue weighted by molar-refractivity contribution is -0.164. The summed E-state index contributed by atoms with van der Waals surface area (Å²) < 4.78 is 38.0. The molecule has 0 unspecified atom stereocenters. The molecule has 3 aromatic rings. The van der Waals surface area contributed by atoms with Crippen molar-refractivity contribution in [3.8, 4) is 17.2 Å². The second-order valence-electron chi connectivity index (χ2n) is 9.33. The molecule has 0 saturated heterocycles. The number of hydrogen-bond donors (Lipinski definition) is 1. The van der Waals surface area contributed by atoms with Gasteiger partial charge in [-0.05, 0) is 61.4 Å². The van der Waals surface area contributed by atoms with Crippen molar-refractivity contribution in [2.75, 3.05) is 6.61 Å². The number of ketones is 1. The number of rotatable bonds is 8. The fourth-order valence-corrected chi connectivity index (χ4v) is 5.17. The van der Waals surface area contributed by atoms with Gasteiger partial charge in [-0.15, -0.1) is 0 Å². The van der Waals surface area contributed by atoms with E-state index in [0.717, 1.165) is 6.07 Å². The van der Waals surface area contributed by atoms with Gasteiger partial charge in [-0.1, -0.05) is 17.7 Å². The highest BCUT2D eigenvalue weighted by Gasteiger charge is 2.68. The van der Waals surface area contributed by atoms with Gasteiger partial charge in [-0.2, -0.15) is 0 Å². The van der Waals surface area contributed by atoms with Gasteiger partial charge in [-0.25, -0.2) is 13.8 Å². The minimum absolute atomic E-state index is 0.0172. The van der Waals surface area contributed by atoms with Crippen LogP contribution in [0.3, 0.4) is 0 Å². The summed E-state index contributed by atoms with van der Waals surface area (Å²) in [6.07, 6.45) is 3.69. The van der Waals surface area contributed by atoms with Gasteiger partial charge >= 0.3 is 0 Å². The Morgan fingerprint density at radius 2 is 1.91 bits per heavy atom. The van der Waals surface area contributed by atoms with Crippen LogP contribution < -0.4 is 10.1 Å². The number of aromatic nitrogens is 1. The lowest BCUT2D eigenvalue weighted by Crippen LogP contribution is -2.75. The Kier molecular flexibility index (Phi) is 5.43. The van der Waals surface area contributed by atoms with Crippen molar-refractivity contribution < 1.29 is 27.5 Å². The molecule has 9 heteroatoms. The third kappa shape index (κ3) is 4.18. The molecule has 1 N–H and O–H groups in total. The van der Waals surface area contributed by atoms with Crippen molar-refractivity contribution in [1.29, 1.82) is 0 Å². The van der Waals surface area contributed by atoms with E-state index in [1.807, 2.05) is 0 Å². The van der Waals surface area contributed by atoms with Gasteiger partial charge in [0, 0.05) is 23.6 Å². The second-order valence-corrected chi connectivity index (χ2v) is 9.73. The quantitative estimate of drug-likeness (QED) is 0.438. The molecule has 0 aliphatic heterocycles. The maximum absolute atomic E-state index is 13.8. The number of oxazole rings is 1. The monoisotopic (exact) mass is 486 g/mol. The number of benzene rings is 2. The molecule has 0 radical (unpaired) electrons. The van der Waals surface area contributed by atoms with Crippen molar-refractivity contribution in [1.82, 2.24) is 10.3 Å². The zero-order valence-corrected chi connectivity index (χ0v) is 19.0. The summed E-state index contributed by atoms with van der Waals surface area (Å²) in [6.45, 7) is 1.42. The lowest BCUT2D eigenvalue weighted by Gasteiger charge is -2.70. The Bertz CT molecular complexity index is 1290.